The minimum atomic E-state index is -4.69. The van der Waals surface area contributed by atoms with Crippen LogP contribution in [-0.4, -0.2) is 45.0 Å². The molecule has 2 aliphatic rings. The summed E-state index contributed by atoms with van der Waals surface area (Å²) in [5.41, 5.74) is -0.963. The van der Waals surface area contributed by atoms with Gasteiger partial charge in [0.05, 0.1) is 11.3 Å². The van der Waals surface area contributed by atoms with Crippen LogP contribution in [0.4, 0.5) is 33.7 Å². The van der Waals surface area contributed by atoms with Crippen molar-refractivity contribution < 1.29 is 27.2 Å². The SMILES string of the molecule is Cc1cccc(NC(N2C3C(=O)N(C)C(=O)[N+]32c2cccc(C(F)(F)F)c2)C(Cl)(Cl)Cl)c1F. The van der Waals surface area contributed by atoms with E-state index in [9.17, 15) is 27.2 Å². The van der Waals surface area contributed by atoms with Crippen LogP contribution < -0.4 is 9.91 Å². The van der Waals surface area contributed by atoms with Crippen LogP contribution in [0, 0.1) is 12.7 Å². The number of hydrogen-bond acceptors (Lipinski definition) is 4. The second kappa shape index (κ2) is 7.71. The van der Waals surface area contributed by atoms with Crippen molar-refractivity contribution in [3.05, 3.63) is 59.4 Å². The number of carbonyl (C=O) groups excluding carboxylic acids is 2. The van der Waals surface area contributed by atoms with E-state index in [1.54, 1.807) is 6.07 Å². The quantitative estimate of drug-likeness (QED) is 0.190. The molecule has 13 heteroatoms. The van der Waals surface area contributed by atoms with Gasteiger partial charge in [0.2, 0.25) is 3.79 Å². The summed E-state index contributed by atoms with van der Waals surface area (Å²) in [6.45, 7) is 1.51. The highest BCUT2D eigenvalue weighted by Crippen LogP contribution is 2.55. The lowest BCUT2D eigenvalue weighted by Gasteiger charge is -2.29. The predicted molar refractivity (Wildman–Crippen MR) is 116 cm³/mol. The van der Waals surface area contributed by atoms with Gasteiger partial charge in [-0.15, -0.1) is 0 Å². The van der Waals surface area contributed by atoms with Gasteiger partial charge in [-0.2, -0.15) is 13.2 Å². The molecule has 4 atom stereocenters. The number of rotatable bonds is 4. The van der Waals surface area contributed by atoms with Crippen LogP contribution in [0.3, 0.4) is 0 Å². The first kappa shape index (κ1) is 24.0. The van der Waals surface area contributed by atoms with Gasteiger partial charge >= 0.3 is 24.3 Å². The highest BCUT2D eigenvalue weighted by molar-refractivity contribution is 6.68. The maximum atomic E-state index is 14.7. The lowest BCUT2D eigenvalue weighted by Crippen LogP contribution is -2.53. The third-order valence-electron chi connectivity index (χ3n) is 5.67. The number of likely N-dealkylation sites (N-methyl/N-ethyl adjacent to an activating group) is 1. The molecule has 0 aromatic heterocycles. The van der Waals surface area contributed by atoms with Crippen molar-refractivity contribution in [2.24, 2.45) is 0 Å². The molecular formula is C20H16Cl3F4N4O2+. The lowest BCUT2D eigenvalue weighted by molar-refractivity contribution is -0.137. The van der Waals surface area contributed by atoms with Gasteiger partial charge in [0.25, 0.3) is 0 Å². The predicted octanol–water partition coefficient (Wildman–Crippen LogP) is 5.42. The van der Waals surface area contributed by atoms with E-state index in [1.807, 2.05) is 0 Å². The van der Waals surface area contributed by atoms with Gasteiger partial charge in [-0.3, -0.25) is 4.79 Å². The number of benzene rings is 2. The molecule has 0 spiro atoms. The van der Waals surface area contributed by atoms with Crippen molar-refractivity contribution in [3.63, 3.8) is 0 Å². The number of hydrogen-bond donors (Lipinski definition) is 1. The Morgan fingerprint density at radius 3 is 2.33 bits per heavy atom. The monoisotopic (exact) mass is 525 g/mol. The number of aryl methyl sites for hydroxylation is 1. The van der Waals surface area contributed by atoms with Crippen LogP contribution in [-0.2, 0) is 11.0 Å². The maximum absolute atomic E-state index is 14.7. The second-order valence-electron chi connectivity index (χ2n) is 7.69. The van der Waals surface area contributed by atoms with Crippen molar-refractivity contribution in [1.82, 2.24) is 14.5 Å². The average Bonchev–Trinajstić information content (AvgIpc) is 3.36. The summed E-state index contributed by atoms with van der Waals surface area (Å²) in [6.07, 6.45) is -7.45. The first-order valence-corrected chi connectivity index (χ1v) is 10.6. The summed E-state index contributed by atoms with van der Waals surface area (Å²) < 4.78 is 51.6. The van der Waals surface area contributed by atoms with Gasteiger partial charge in [-0.1, -0.05) is 57.6 Å². The summed E-state index contributed by atoms with van der Waals surface area (Å²) >= 11 is 18.5. The third-order valence-corrected chi connectivity index (χ3v) is 6.29. The Bertz CT molecular complexity index is 1160. The number of quaternary nitrogens is 1. The molecule has 4 unspecified atom stereocenters. The van der Waals surface area contributed by atoms with Crippen LogP contribution >= 0.6 is 34.8 Å². The second-order valence-corrected chi connectivity index (χ2v) is 10.1. The Labute approximate surface area is 200 Å². The fraction of sp³-hybridized carbons (Fsp3) is 0.300. The number of nitrogens with one attached hydrogen (secondary N) is 1. The van der Waals surface area contributed by atoms with Gasteiger partial charge in [0, 0.05) is 19.2 Å². The zero-order chi connectivity index (χ0) is 24.5. The Hall–Kier alpha value is -2.11. The number of amides is 3. The molecule has 2 fully saturated rings. The summed E-state index contributed by atoms with van der Waals surface area (Å²) in [4.78, 5) is 26.8. The summed E-state index contributed by atoms with van der Waals surface area (Å²) in [6, 6.07) is 7.58. The zero-order valence-corrected chi connectivity index (χ0v) is 19.3. The molecule has 2 aromatic carbocycles. The van der Waals surface area contributed by atoms with Crippen LogP contribution in [0.5, 0.6) is 0 Å². The molecule has 0 radical (unpaired) electrons. The largest absolute Gasteiger partial charge is 0.452 e. The summed E-state index contributed by atoms with van der Waals surface area (Å²) in [5, 5.41) is 3.83. The zero-order valence-electron chi connectivity index (χ0n) is 17.0. The van der Waals surface area contributed by atoms with E-state index in [2.05, 4.69) is 5.32 Å². The number of nitrogens with zero attached hydrogens (tertiary/aromatic N) is 3. The molecule has 1 N–H and O–H groups in total. The number of fused-ring (bicyclic) bond motifs is 1. The molecule has 4 rings (SSSR count). The van der Waals surface area contributed by atoms with Gasteiger partial charge in [-0.25, -0.2) is 14.1 Å². The molecule has 0 bridgehead atoms. The number of alkyl halides is 6. The Kier molecular flexibility index (Phi) is 5.61. The maximum Gasteiger partial charge on any atom is 0.452 e. The summed E-state index contributed by atoms with van der Waals surface area (Å²) in [7, 11) is 1.21. The van der Waals surface area contributed by atoms with Crippen LogP contribution in [0.2, 0.25) is 0 Å². The highest BCUT2D eigenvalue weighted by atomic mass is 35.6. The molecule has 176 valence electrons. The Morgan fingerprint density at radius 1 is 1.09 bits per heavy atom. The van der Waals surface area contributed by atoms with Crippen molar-refractivity contribution in [2.45, 2.75) is 29.2 Å². The summed E-state index contributed by atoms with van der Waals surface area (Å²) in [5.74, 6) is -1.36. The van der Waals surface area contributed by atoms with Crippen molar-refractivity contribution >= 4 is 58.1 Å². The normalized spacial score (nSPS) is 25.8. The number of anilines is 1. The highest BCUT2D eigenvalue weighted by Gasteiger charge is 2.86. The number of carbonyl (C=O) groups is 2. The van der Waals surface area contributed by atoms with Gasteiger partial charge < -0.3 is 5.32 Å². The molecule has 0 aliphatic carbocycles. The van der Waals surface area contributed by atoms with E-state index < -0.39 is 50.2 Å². The van der Waals surface area contributed by atoms with E-state index >= 15 is 0 Å². The first-order chi connectivity index (χ1) is 15.2. The molecule has 0 saturated carbocycles. The van der Waals surface area contributed by atoms with Crippen molar-refractivity contribution in [3.8, 4) is 0 Å². The van der Waals surface area contributed by atoms with E-state index in [-0.39, 0.29) is 16.9 Å². The van der Waals surface area contributed by atoms with Crippen molar-refractivity contribution in [2.75, 3.05) is 12.4 Å². The molecule has 6 nitrogen and oxygen atoms in total. The standard InChI is InChI=1S/C20H16Cl3F4N4O2/c1-10-5-3-8-13(14(10)24)28-17(19(21,22)23)30-15-16(32)29(2)18(33)31(15,30)12-7-4-6-11(9-12)20(25,26)27/h3-9,15,17,28H,1-2H3/q+1. The van der Waals surface area contributed by atoms with E-state index in [4.69, 9.17) is 34.8 Å². The van der Waals surface area contributed by atoms with E-state index in [1.165, 1.54) is 32.2 Å². The molecule has 2 aliphatic heterocycles. The third kappa shape index (κ3) is 3.64. The van der Waals surface area contributed by atoms with Gasteiger partial charge in [0.1, 0.15) is 5.82 Å². The fourth-order valence-electron chi connectivity index (χ4n) is 4.05. The molecule has 2 saturated heterocycles. The molecule has 3 amide bonds. The topological polar surface area (TPSA) is 52.4 Å². The van der Waals surface area contributed by atoms with Crippen LogP contribution in [0.1, 0.15) is 11.1 Å². The van der Waals surface area contributed by atoms with Crippen LogP contribution in [0.15, 0.2) is 42.5 Å². The average molecular weight is 527 g/mol. The minimum Gasteiger partial charge on any atom is -0.359 e. The van der Waals surface area contributed by atoms with Crippen molar-refractivity contribution in [1.29, 1.82) is 0 Å². The Morgan fingerprint density at radius 2 is 1.73 bits per heavy atom. The van der Waals surface area contributed by atoms with E-state index in [0.29, 0.717) is 0 Å². The fourth-order valence-corrected chi connectivity index (χ4v) is 4.52. The van der Waals surface area contributed by atoms with Crippen LogP contribution in [0.25, 0.3) is 0 Å². The van der Waals surface area contributed by atoms with Gasteiger partial charge in [0.15, 0.2) is 11.9 Å². The lowest BCUT2D eigenvalue weighted by atomic mass is 10.2. The number of imide groups is 1. The number of halogens is 7. The Balaban J connectivity index is 1.84. The molecule has 2 aromatic rings. The van der Waals surface area contributed by atoms with E-state index in [0.717, 1.165) is 28.1 Å². The van der Waals surface area contributed by atoms with Gasteiger partial charge in [-0.05, 0) is 29.6 Å². The smallest absolute Gasteiger partial charge is 0.359 e. The minimum absolute atomic E-state index is 0.0760. The molecule has 2 heterocycles. The molecule has 33 heavy (non-hydrogen) atoms. The first-order valence-electron chi connectivity index (χ1n) is 9.48. The number of urea groups is 1. The molecular weight excluding hydrogens is 511 g/mol.